The third kappa shape index (κ3) is 3.31. The summed E-state index contributed by atoms with van der Waals surface area (Å²) in [5, 5.41) is 0. The van der Waals surface area contributed by atoms with E-state index in [4.69, 9.17) is 4.74 Å². The second kappa shape index (κ2) is 3.67. The maximum absolute atomic E-state index is 5.06. The first-order valence-corrected chi connectivity index (χ1v) is 3.66. The molecule has 0 spiro atoms. The van der Waals surface area contributed by atoms with Crippen molar-refractivity contribution in [3.8, 4) is 0 Å². The van der Waals surface area contributed by atoms with Gasteiger partial charge in [-0.15, -0.1) is 0 Å². The minimum absolute atomic E-state index is 0.621. The van der Waals surface area contributed by atoms with Crippen LogP contribution in [0.3, 0.4) is 0 Å². The molecule has 0 aromatic heterocycles. The van der Waals surface area contributed by atoms with Gasteiger partial charge in [0.1, 0.15) is 0 Å². The lowest BCUT2D eigenvalue weighted by Gasteiger charge is -1.89. The fraction of sp³-hybridized carbons (Fsp3) is 0.750. The Hall–Kier alpha value is -0.300. The van der Waals surface area contributed by atoms with E-state index < -0.39 is 0 Å². The van der Waals surface area contributed by atoms with Crippen LogP contribution in [0, 0.1) is 0 Å². The Morgan fingerprint density at radius 3 is 3.00 bits per heavy atom. The minimum atomic E-state index is 0.621. The van der Waals surface area contributed by atoms with Crippen LogP contribution in [0.4, 0.5) is 0 Å². The van der Waals surface area contributed by atoms with Gasteiger partial charge in [-0.25, -0.2) is 0 Å². The molecule has 0 amide bonds. The SMILES string of the molecule is C/C=C/CCCC1CO1. The summed E-state index contributed by atoms with van der Waals surface area (Å²) in [6.07, 6.45) is 8.70. The summed E-state index contributed by atoms with van der Waals surface area (Å²) < 4.78 is 5.06. The first-order valence-electron chi connectivity index (χ1n) is 3.66. The Kier molecular flexibility index (Phi) is 2.78. The molecule has 0 radical (unpaired) electrons. The molecule has 1 nitrogen and oxygen atoms in total. The van der Waals surface area contributed by atoms with Crippen molar-refractivity contribution >= 4 is 0 Å². The van der Waals surface area contributed by atoms with Crippen molar-refractivity contribution in [2.24, 2.45) is 0 Å². The Morgan fingerprint density at radius 1 is 1.67 bits per heavy atom. The van der Waals surface area contributed by atoms with E-state index >= 15 is 0 Å². The van der Waals surface area contributed by atoms with Crippen LogP contribution < -0.4 is 0 Å². The maximum atomic E-state index is 5.06. The molecule has 0 saturated carbocycles. The molecule has 0 aromatic rings. The highest BCUT2D eigenvalue weighted by atomic mass is 16.6. The molecule has 1 rings (SSSR count). The zero-order valence-electron chi connectivity index (χ0n) is 5.97. The van der Waals surface area contributed by atoms with Crippen molar-refractivity contribution in [2.75, 3.05) is 6.61 Å². The monoisotopic (exact) mass is 126 g/mol. The molecule has 9 heavy (non-hydrogen) atoms. The highest BCUT2D eigenvalue weighted by Gasteiger charge is 2.20. The van der Waals surface area contributed by atoms with E-state index in [1.165, 1.54) is 19.3 Å². The molecular weight excluding hydrogens is 112 g/mol. The van der Waals surface area contributed by atoms with Gasteiger partial charge >= 0.3 is 0 Å². The number of hydrogen-bond acceptors (Lipinski definition) is 1. The zero-order valence-corrected chi connectivity index (χ0v) is 5.97. The normalized spacial score (nSPS) is 25.2. The van der Waals surface area contributed by atoms with Gasteiger partial charge in [-0.2, -0.15) is 0 Å². The molecule has 1 saturated heterocycles. The molecule has 52 valence electrons. The highest BCUT2D eigenvalue weighted by Crippen LogP contribution is 2.16. The van der Waals surface area contributed by atoms with Crippen molar-refractivity contribution in [1.82, 2.24) is 0 Å². The second-order valence-corrected chi connectivity index (χ2v) is 2.46. The summed E-state index contributed by atoms with van der Waals surface area (Å²) in [4.78, 5) is 0. The van der Waals surface area contributed by atoms with Gasteiger partial charge in [-0.1, -0.05) is 12.2 Å². The van der Waals surface area contributed by atoms with E-state index in [9.17, 15) is 0 Å². The Bertz CT molecular complexity index is 92.7. The van der Waals surface area contributed by atoms with E-state index in [0.717, 1.165) is 6.61 Å². The molecule has 0 bridgehead atoms. The lowest BCUT2D eigenvalue weighted by Crippen LogP contribution is -1.82. The zero-order chi connectivity index (χ0) is 6.53. The number of ether oxygens (including phenoxy) is 1. The van der Waals surface area contributed by atoms with E-state index in [1.807, 2.05) is 0 Å². The molecule has 1 atom stereocenters. The molecule has 1 aliphatic rings. The van der Waals surface area contributed by atoms with Gasteiger partial charge in [0.05, 0.1) is 12.7 Å². The molecule has 1 heteroatoms. The molecule has 0 aromatic carbocycles. The Balaban J connectivity index is 1.81. The average Bonchev–Trinajstić information content (AvgIpc) is 2.63. The van der Waals surface area contributed by atoms with Crippen molar-refractivity contribution in [3.05, 3.63) is 12.2 Å². The Labute approximate surface area is 56.7 Å². The Morgan fingerprint density at radius 2 is 2.44 bits per heavy atom. The molecular formula is C8H14O. The standard InChI is InChI=1S/C8H14O/c1-2-3-4-5-6-8-7-9-8/h2-3,8H,4-7H2,1H3/b3-2+. The van der Waals surface area contributed by atoms with E-state index in [0.29, 0.717) is 6.10 Å². The van der Waals surface area contributed by atoms with Crippen LogP contribution in [-0.4, -0.2) is 12.7 Å². The summed E-state index contributed by atoms with van der Waals surface area (Å²) in [6.45, 7) is 3.07. The van der Waals surface area contributed by atoms with Gasteiger partial charge in [0.2, 0.25) is 0 Å². The molecule has 0 aliphatic carbocycles. The highest BCUT2D eigenvalue weighted by molar-refractivity contribution is 4.78. The van der Waals surface area contributed by atoms with Gasteiger partial charge in [0.25, 0.3) is 0 Å². The van der Waals surface area contributed by atoms with Crippen molar-refractivity contribution < 1.29 is 4.74 Å². The van der Waals surface area contributed by atoms with Crippen LogP contribution in [-0.2, 0) is 4.74 Å². The fourth-order valence-corrected chi connectivity index (χ4v) is 0.865. The average molecular weight is 126 g/mol. The third-order valence-corrected chi connectivity index (χ3v) is 1.53. The fourth-order valence-electron chi connectivity index (χ4n) is 0.865. The number of epoxide rings is 1. The first-order chi connectivity index (χ1) is 4.43. The largest absolute Gasteiger partial charge is 0.373 e. The lowest BCUT2D eigenvalue weighted by atomic mass is 10.2. The van der Waals surface area contributed by atoms with Crippen LogP contribution >= 0.6 is 0 Å². The van der Waals surface area contributed by atoms with Gasteiger partial charge in [-0.3, -0.25) is 0 Å². The van der Waals surface area contributed by atoms with Gasteiger partial charge in [0, 0.05) is 0 Å². The summed E-state index contributed by atoms with van der Waals surface area (Å²) in [5.74, 6) is 0. The van der Waals surface area contributed by atoms with Crippen LogP contribution in [0.15, 0.2) is 12.2 Å². The van der Waals surface area contributed by atoms with E-state index in [2.05, 4.69) is 19.1 Å². The van der Waals surface area contributed by atoms with Crippen LogP contribution in [0.25, 0.3) is 0 Å². The second-order valence-electron chi connectivity index (χ2n) is 2.46. The molecule has 1 aliphatic heterocycles. The van der Waals surface area contributed by atoms with Crippen molar-refractivity contribution in [2.45, 2.75) is 32.3 Å². The predicted octanol–water partition coefficient (Wildman–Crippen LogP) is 2.13. The number of allylic oxidation sites excluding steroid dienone is 2. The summed E-state index contributed by atoms with van der Waals surface area (Å²) in [7, 11) is 0. The lowest BCUT2D eigenvalue weighted by molar-refractivity contribution is 0.392. The van der Waals surface area contributed by atoms with Gasteiger partial charge < -0.3 is 4.74 Å². The van der Waals surface area contributed by atoms with Gasteiger partial charge in [-0.05, 0) is 26.2 Å². The molecule has 0 N–H and O–H groups in total. The van der Waals surface area contributed by atoms with Gasteiger partial charge in [0.15, 0.2) is 0 Å². The van der Waals surface area contributed by atoms with Crippen molar-refractivity contribution in [3.63, 3.8) is 0 Å². The summed E-state index contributed by atoms with van der Waals surface area (Å²) >= 11 is 0. The molecule has 1 fully saturated rings. The quantitative estimate of drug-likeness (QED) is 0.319. The van der Waals surface area contributed by atoms with Crippen LogP contribution in [0.2, 0.25) is 0 Å². The molecule has 1 heterocycles. The number of hydrogen-bond donors (Lipinski definition) is 0. The van der Waals surface area contributed by atoms with E-state index in [-0.39, 0.29) is 0 Å². The third-order valence-electron chi connectivity index (χ3n) is 1.53. The maximum Gasteiger partial charge on any atom is 0.0810 e. The number of unbranched alkanes of at least 4 members (excludes halogenated alkanes) is 1. The number of rotatable bonds is 4. The van der Waals surface area contributed by atoms with Crippen LogP contribution in [0.5, 0.6) is 0 Å². The topological polar surface area (TPSA) is 12.5 Å². The molecule has 1 unspecified atom stereocenters. The van der Waals surface area contributed by atoms with E-state index in [1.54, 1.807) is 0 Å². The summed E-state index contributed by atoms with van der Waals surface area (Å²) in [6, 6.07) is 0. The van der Waals surface area contributed by atoms with Crippen LogP contribution in [0.1, 0.15) is 26.2 Å². The van der Waals surface area contributed by atoms with Crippen molar-refractivity contribution in [1.29, 1.82) is 0 Å². The smallest absolute Gasteiger partial charge is 0.0810 e. The predicted molar refractivity (Wildman–Crippen MR) is 38.4 cm³/mol. The summed E-state index contributed by atoms with van der Waals surface area (Å²) in [5.41, 5.74) is 0. The minimum Gasteiger partial charge on any atom is -0.373 e. The first kappa shape index (κ1) is 6.81.